The molecule has 1 rings (SSSR count). The zero-order chi connectivity index (χ0) is 9.35. The van der Waals surface area contributed by atoms with Crippen molar-refractivity contribution in [2.45, 2.75) is 26.2 Å². The molecule has 0 N–H and O–H groups in total. The highest BCUT2D eigenvalue weighted by molar-refractivity contribution is 14.1. The van der Waals surface area contributed by atoms with E-state index in [-0.39, 0.29) is 5.41 Å². The minimum atomic E-state index is 0.186. The minimum absolute atomic E-state index is 0.186. The third-order valence-electron chi connectivity index (χ3n) is 1.72. The minimum Gasteiger partial charge on any atom is -0.494 e. The summed E-state index contributed by atoms with van der Waals surface area (Å²) in [4.78, 5) is 0. The van der Waals surface area contributed by atoms with E-state index in [0.29, 0.717) is 0 Å². The molecule has 0 unspecified atom stereocenters. The average molecular weight is 296 g/mol. The molecule has 3 heteroatoms. The van der Waals surface area contributed by atoms with E-state index in [0.717, 1.165) is 5.75 Å². The Kier molecular flexibility index (Phi) is 3.04. The highest BCUT2D eigenvalue weighted by Gasteiger charge is 2.21. The molecule has 0 aliphatic heterocycles. The van der Waals surface area contributed by atoms with Gasteiger partial charge >= 0.3 is 0 Å². The van der Waals surface area contributed by atoms with Gasteiger partial charge in [-0.2, -0.15) is 0 Å². The van der Waals surface area contributed by atoms with Crippen LogP contribution in [0.5, 0.6) is 5.75 Å². The zero-order valence-electron chi connectivity index (χ0n) is 7.77. The third kappa shape index (κ3) is 1.93. The van der Waals surface area contributed by atoms with Gasteiger partial charge in [0.25, 0.3) is 0 Å². The van der Waals surface area contributed by atoms with Crippen molar-refractivity contribution < 1.29 is 4.74 Å². The van der Waals surface area contributed by atoms with Crippen molar-refractivity contribution in [3.63, 3.8) is 0 Å². The molecule has 1 nitrogen and oxygen atoms in total. The van der Waals surface area contributed by atoms with Crippen LogP contribution in [0.1, 0.15) is 26.3 Å². The summed E-state index contributed by atoms with van der Waals surface area (Å²) in [5, 5.41) is 2.18. The molecule has 0 fully saturated rings. The van der Waals surface area contributed by atoms with E-state index in [2.05, 4.69) is 48.7 Å². The lowest BCUT2D eigenvalue weighted by Crippen LogP contribution is -2.11. The van der Waals surface area contributed by atoms with Crippen LogP contribution in [0.2, 0.25) is 0 Å². The van der Waals surface area contributed by atoms with E-state index < -0.39 is 0 Å². The Morgan fingerprint density at radius 1 is 1.42 bits per heavy atom. The molecule has 1 aromatic heterocycles. The Morgan fingerprint density at radius 3 is 2.33 bits per heavy atom. The molecule has 1 heterocycles. The molecule has 0 radical (unpaired) electrons. The van der Waals surface area contributed by atoms with Gasteiger partial charge in [0, 0.05) is 5.56 Å². The molecule has 0 saturated heterocycles. The number of ether oxygens (including phenoxy) is 1. The van der Waals surface area contributed by atoms with Gasteiger partial charge in [0.2, 0.25) is 0 Å². The summed E-state index contributed by atoms with van der Waals surface area (Å²) in [6.07, 6.45) is 0. The molecular formula is C9H13IOS. The number of halogens is 1. The SMILES string of the molecule is COc1c(C(C)(C)C)csc1I. The van der Waals surface area contributed by atoms with E-state index in [4.69, 9.17) is 4.74 Å². The second kappa shape index (κ2) is 3.54. The molecule has 0 aromatic carbocycles. The summed E-state index contributed by atoms with van der Waals surface area (Å²) < 4.78 is 6.58. The molecule has 12 heavy (non-hydrogen) atoms. The Hall–Kier alpha value is 0.230. The topological polar surface area (TPSA) is 9.23 Å². The zero-order valence-corrected chi connectivity index (χ0v) is 10.7. The van der Waals surface area contributed by atoms with Crippen LogP contribution in [-0.4, -0.2) is 7.11 Å². The lowest BCUT2D eigenvalue weighted by atomic mass is 9.89. The molecule has 68 valence electrons. The highest BCUT2D eigenvalue weighted by Crippen LogP contribution is 2.38. The molecule has 0 saturated carbocycles. The first-order chi connectivity index (χ1) is 5.46. The smallest absolute Gasteiger partial charge is 0.146 e. The average Bonchev–Trinajstić information content (AvgIpc) is 2.29. The van der Waals surface area contributed by atoms with Crippen LogP contribution in [0.3, 0.4) is 0 Å². The van der Waals surface area contributed by atoms with E-state index >= 15 is 0 Å². The van der Waals surface area contributed by atoms with Crippen LogP contribution < -0.4 is 4.74 Å². The van der Waals surface area contributed by atoms with E-state index in [1.54, 1.807) is 18.4 Å². The second-order valence-corrected chi connectivity index (χ2v) is 6.40. The van der Waals surface area contributed by atoms with Crippen LogP contribution in [0.4, 0.5) is 0 Å². The molecular weight excluding hydrogens is 283 g/mol. The summed E-state index contributed by atoms with van der Waals surface area (Å²) in [7, 11) is 1.74. The number of hydrogen-bond donors (Lipinski definition) is 0. The van der Waals surface area contributed by atoms with Gasteiger partial charge in [-0.15, -0.1) is 11.3 Å². The van der Waals surface area contributed by atoms with Crippen LogP contribution >= 0.6 is 33.9 Å². The molecule has 0 bridgehead atoms. The Balaban J connectivity index is 3.16. The first-order valence-electron chi connectivity index (χ1n) is 3.78. The first kappa shape index (κ1) is 10.3. The summed E-state index contributed by atoms with van der Waals surface area (Å²) in [5.74, 6) is 1.05. The van der Waals surface area contributed by atoms with Gasteiger partial charge in [0.15, 0.2) is 0 Å². The Bertz CT molecular complexity index is 273. The fourth-order valence-corrected chi connectivity index (χ4v) is 2.91. The first-order valence-corrected chi connectivity index (χ1v) is 5.74. The Labute approximate surface area is 91.3 Å². The highest BCUT2D eigenvalue weighted by atomic mass is 127. The van der Waals surface area contributed by atoms with Crippen molar-refractivity contribution in [3.8, 4) is 5.75 Å². The van der Waals surface area contributed by atoms with Crippen molar-refractivity contribution in [1.29, 1.82) is 0 Å². The van der Waals surface area contributed by atoms with Crippen molar-refractivity contribution in [1.82, 2.24) is 0 Å². The fourth-order valence-electron chi connectivity index (χ4n) is 1.03. The molecule has 0 aliphatic rings. The van der Waals surface area contributed by atoms with Gasteiger partial charge in [0.05, 0.1) is 7.11 Å². The van der Waals surface area contributed by atoms with E-state index in [1.807, 2.05) is 0 Å². The van der Waals surface area contributed by atoms with Crippen LogP contribution in [-0.2, 0) is 5.41 Å². The maximum atomic E-state index is 5.35. The van der Waals surface area contributed by atoms with Crippen molar-refractivity contribution in [2.75, 3.05) is 7.11 Å². The number of thiophene rings is 1. The van der Waals surface area contributed by atoms with Gasteiger partial charge in [-0.25, -0.2) is 0 Å². The van der Waals surface area contributed by atoms with Crippen molar-refractivity contribution >= 4 is 33.9 Å². The normalized spacial score (nSPS) is 11.8. The monoisotopic (exact) mass is 296 g/mol. The quantitative estimate of drug-likeness (QED) is 0.719. The summed E-state index contributed by atoms with van der Waals surface area (Å²) in [6.45, 7) is 6.61. The van der Waals surface area contributed by atoms with Crippen LogP contribution in [0.15, 0.2) is 5.38 Å². The van der Waals surface area contributed by atoms with Crippen LogP contribution in [0.25, 0.3) is 0 Å². The van der Waals surface area contributed by atoms with Gasteiger partial charge in [-0.05, 0) is 33.4 Å². The van der Waals surface area contributed by atoms with Crippen LogP contribution in [0, 0.1) is 2.88 Å². The van der Waals surface area contributed by atoms with Crippen molar-refractivity contribution in [2.24, 2.45) is 0 Å². The van der Waals surface area contributed by atoms with Gasteiger partial charge in [0.1, 0.15) is 8.63 Å². The van der Waals surface area contributed by atoms with E-state index in [9.17, 15) is 0 Å². The predicted molar refractivity (Wildman–Crippen MR) is 62.3 cm³/mol. The third-order valence-corrected chi connectivity index (χ3v) is 3.71. The lowest BCUT2D eigenvalue weighted by molar-refractivity contribution is 0.398. The van der Waals surface area contributed by atoms with E-state index in [1.165, 1.54) is 8.45 Å². The number of methoxy groups -OCH3 is 1. The van der Waals surface area contributed by atoms with Gasteiger partial charge < -0.3 is 4.74 Å². The number of hydrogen-bond acceptors (Lipinski definition) is 2. The standard InChI is InChI=1S/C9H13IOS/c1-9(2,3)6-5-12-8(10)7(6)11-4/h5H,1-4H3. The summed E-state index contributed by atoms with van der Waals surface area (Å²) in [6, 6.07) is 0. The summed E-state index contributed by atoms with van der Waals surface area (Å²) in [5.41, 5.74) is 1.49. The fraction of sp³-hybridized carbons (Fsp3) is 0.556. The van der Waals surface area contributed by atoms with Gasteiger partial charge in [-0.1, -0.05) is 20.8 Å². The molecule has 0 aliphatic carbocycles. The van der Waals surface area contributed by atoms with Crippen molar-refractivity contribution in [3.05, 3.63) is 13.8 Å². The maximum Gasteiger partial charge on any atom is 0.146 e. The maximum absolute atomic E-state index is 5.35. The predicted octanol–water partition coefficient (Wildman–Crippen LogP) is 3.66. The molecule has 0 atom stereocenters. The molecule has 0 amide bonds. The molecule has 0 spiro atoms. The number of rotatable bonds is 1. The molecule has 1 aromatic rings. The lowest BCUT2D eigenvalue weighted by Gasteiger charge is -2.18. The Morgan fingerprint density at radius 2 is 2.00 bits per heavy atom. The van der Waals surface area contributed by atoms with Gasteiger partial charge in [-0.3, -0.25) is 0 Å². The second-order valence-electron chi connectivity index (χ2n) is 3.71. The largest absolute Gasteiger partial charge is 0.494 e. The summed E-state index contributed by atoms with van der Waals surface area (Å²) >= 11 is 4.06.